The third kappa shape index (κ3) is 1.89. The molecule has 1 aromatic heterocycles. The number of aliphatic hydroxyl groups is 1. The van der Waals surface area contributed by atoms with E-state index in [-0.39, 0.29) is 0 Å². The van der Waals surface area contributed by atoms with Gasteiger partial charge in [0.25, 0.3) is 0 Å². The van der Waals surface area contributed by atoms with Crippen molar-refractivity contribution < 1.29 is 9.63 Å². The normalized spacial score (nSPS) is 25.2. The molecule has 1 N–H and O–H groups in total. The van der Waals surface area contributed by atoms with Gasteiger partial charge in [-0.25, -0.2) is 0 Å². The summed E-state index contributed by atoms with van der Waals surface area (Å²) in [6, 6.07) is 0. The molecule has 5 heteroatoms. The minimum Gasteiger partial charge on any atom is -0.388 e. The second kappa shape index (κ2) is 3.02. The minimum absolute atomic E-state index is 0.519. The van der Waals surface area contributed by atoms with Gasteiger partial charge in [0.05, 0.1) is 12.1 Å². The van der Waals surface area contributed by atoms with Gasteiger partial charge in [0.1, 0.15) is 0 Å². The molecule has 1 saturated heterocycles. The van der Waals surface area contributed by atoms with Gasteiger partial charge in [-0.2, -0.15) is 4.98 Å². The summed E-state index contributed by atoms with van der Waals surface area (Å²) in [5.41, 5.74) is -0.525. The fraction of sp³-hybridized carbons (Fsp3) is 0.800. The van der Waals surface area contributed by atoms with Crippen LogP contribution in [0.3, 0.4) is 0 Å². The first kappa shape index (κ1) is 9.30. The quantitative estimate of drug-likeness (QED) is 0.786. The summed E-state index contributed by atoms with van der Waals surface area (Å²) in [5, 5.41) is 13.5. The van der Waals surface area contributed by atoms with Gasteiger partial charge in [0, 0.05) is 19.0 Å². The highest BCUT2D eigenvalue weighted by atomic mass is 16.5. The highest BCUT2D eigenvalue weighted by Gasteiger charge is 2.37. The Morgan fingerprint density at radius 3 is 2.87 bits per heavy atom. The summed E-state index contributed by atoms with van der Waals surface area (Å²) in [6.07, 6.45) is 2.36. The van der Waals surface area contributed by atoms with Crippen molar-refractivity contribution in [1.29, 1.82) is 0 Å². The molecule has 1 aliphatic carbocycles. The summed E-state index contributed by atoms with van der Waals surface area (Å²) >= 11 is 0. The molecule has 0 radical (unpaired) electrons. The van der Waals surface area contributed by atoms with Crippen LogP contribution in [-0.2, 0) is 6.54 Å². The van der Waals surface area contributed by atoms with Crippen molar-refractivity contribution in [1.82, 2.24) is 15.0 Å². The lowest BCUT2D eigenvalue weighted by Crippen LogP contribution is -2.59. The summed E-state index contributed by atoms with van der Waals surface area (Å²) in [5.74, 6) is 2.05. The predicted molar refractivity (Wildman–Crippen MR) is 52.2 cm³/mol. The van der Waals surface area contributed by atoms with E-state index in [2.05, 4.69) is 15.0 Å². The average molecular weight is 209 g/mol. The number of likely N-dealkylation sites (tertiary alicyclic amines) is 1. The van der Waals surface area contributed by atoms with Crippen LogP contribution in [0.5, 0.6) is 0 Å². The summed E-state index contributed by atoms with van der Waals surface area (Å²) in [4.78, 5) is 6.45. The smallest absolute Gasteiger partial charge is 0.229 e. The molecule has 15 heavy (non-hydrogen) atoms. The Bertz CT molecular complexity index is 362. The van der Waals surface area contributed by atoms with Crippen LogP contribution in [0.2, 0.25) is 0 Å². The topological polar surface area (TPSA) is 62.4 Å². The molecule has 0 bridgehead atoms. The minimum atomic E-state index is -0.525. The second-order valence-corrected chi connectivity index (χ2v) is 4.97. The molecule has 2 fully saturated rings. The van der Waals surface area contributed by atoms with Gasteiger partial charge in [-0.1, -0.05) is 5.16 Å². The second-order valence-electron chi connectivity index (χ2n) is 4.97. The zero-order valence-corrected chi connectivity index (χ0v) is 8.81. The number of aromatic nitrogens is 2. The Kier molecular flexibility index (Phi) is 1.87. The molecular weight excluding hydrogens is 194 g/mol. The van der Waals surface area contributed by atoms with E-state index in [0.717, 1.165) is 11.7 Å². The fourth-order valence-electron chi connectivity index (χ4n) is 2.06. The average Bonchev–Trinajstić information content (AvgIpc) is 2.85. The Morgan fingerprint density at radius 2 is 2.27 bits per heavy atom. The molecule has 82 valence electrons. The standard InChI is InChI=1S/C10H15N3O2/c1-10(14)5-13(6-10)4-8-11-9(15-12-8)7-2-3-7/h7,14H,2-6H2,1H3. The van der Waals surface area contributed by atoms with E-state index in [0.29, 0.717) is 25.6 Å². The van der Waals surface area contributed by atoms with Gasteiger partial charge in [-0.05, 0) is 19.8 Å². The summed E-state index contributed by atoms with van der Waals surface area (Å²) in [6.45, 7) is 3.92. The number of nitrogens with zero attached hydrogens (tertiary/aromatic N) is 3. The number of rotatable bonds is 3. The maximum Gasteiger partial charge on any atom is 0.229 e. The van der Waals surface area contributed by atoms with Gasteiger partial charge < -0.3 is 9.63 Å². The van der Waals surface area contributed by atoms with E-state index in [1.807, 2.05) is 6.92 Å². The first-order valence-electron chi connectivity index (χ1n) is 5.40. The maximum atomic E-state index is 9.56. The Labute approximate surface area is 88.1 Å². The zero-order valence-electron chi connectivity index (χ0n) is 8.81. The van der Waals surface area contributed by atoms with Gasteiger partial charge in [-0.3, -0.25) is 4.90 Å². The van der Waals surface area contributed by atoms with Crippen LogP contribution >= 0.6 is 0 Å². The molecule has 1 aliphatic heterocycles. The monoisotopic (exact) mass is 209 g/mol. The first-order chi connectivity index (χ1) is 7.12. The molecule has 0 atom stereocenters. The summed E-state index contributed by atoms with van der Waals surface area (Å²) in [7, 11) is 0. The lowest BCUT2D eigenvalue weighted by molar-refractivity contribution is -0.0882. The Hall–Kier alpha value is -0.940. The van der Waals surface area contributed by atoms with Gasteiger partial charge >= 0.3 is 0 Å². The van der Waals surface area contributed by atoms with Crippen molar-refractivity contribution in [2.24, 2.45) is 0 Å². The molecule has 2 heterocycles. The molecule has 0 unspecified atom stereocenters. The zero-order chi connectivity index (χ0) is 10.5. The highest BCUT2D eigenvalue weighted by molar-refractivity contribution is 5.02. The Morgan fingerprint density at radius 1 is 1.53 bits per heavy atom. The van der Waals surface area contributed by atoms with Crippen LogP contribution in [0.1, 0.15) is 37.4 Å². The number of hydrogen-bond donors (Lipinski definition) is 1. The third-order valence-corrected chi connectivity index (χ3v) is 2.90. The molecule has 1 aromatic rings. The van der Waals surface area contributed by atoms with Crippen LogP contribution in [-0.4, -0.2) is 38.8 Å². The Balaban J connectivity index is 1.58. The van der Waals surface area contributed by atoms with Crippen LogP contribution in [0, 0.1) is 0 Å². The predicted octanol–water partition coefficient (Wildman–Crippen LogP) is 0.514. The lowest BCUT2D eigenvalue weighted by Gasteiger charge is -2.43. The number of hydrogen-bond acceptors (Lipinski definition) is 5. The van der Waals surface area contributed by atoms with Crippen LogP contribution in [0.25, 0.3) is 0 Å². The van der Waals surface area contributed by atoms with E-state index in [1.54, 1.807) is 0 Å². The van der Waals surface area contributed by atoms with E-state index < -0.39 is 5.60 Å². The summed E-state index contributed by atoms with van der Waals surface area (Å²) < 4.78 is 5.16. The van der Waals surface area contributed by atoms with Crippen LogP contribution in [0.4, 0.5) is 0 Å². The van der Waals surface area contributed by atoms with Crippen LogP contribution in [0.15, 0.2) is 4.52 Å². The van der Waals surface area contributed by atoms with Crippen LogP contribution < -0.4 is 0 Å². The van der Waals surface area contributed by atoms with Crippen molar-refractivity contribution in [2.45, 2.75) is 37.8 Å². The van der Waals surface area contributed by atoms with E-state index >= 15 is 0 Å². The van der Waals surface area contributed by atoms with Crippen molar-refractivity contribution in [2.75, 3.05) is 13.1 Å². The first-order valence-corrected chi connectivity index (χ1v) is 5.40. The maximum absolute atomic E-state index is 9.56. The van der Waals surface area contributed by atoms with Gasteiger partial charge in [-0.15, -0.1) is 0 Å². The molecule has 1 saturated carbocycles. The largest absolute Gasteiger partial charge is 0.388 e. The molecule has 0 aromatic carbocycles. The molecule has 3 rings (SSSR count). The molecule has 0 spiro atoms. The third-order valence-electron chi connectivity index (χ3n) is 2.90. The molecule has 2 aliphatic rings. The fourth-order valence-corrected chi connectivity index (χ4v) is 2.06. The van der Waals surface area contributed by atoms with Gasteiger partial charge in [0.15, 0.2) is 5.82 Å². The van der Waals surface area contributed by atoms with E-state index in [1.165, 1.54) is 12.8 Å². The molecular formula is C10H15N3O2. The van der Waals surface area contributed by atoms with Crippen molar-refractivity contribution in [3.05, 3.63) is 11.7 Å². The van der Waals surface area contributed by atoms with Gasteiger partial charge in [0.2, 0.25) is 5.89 Å². The SMILES string of the molecule is CC1(O)CN(Cc2noc(C3CC3)n2)C1. The molecule has 5 nitrogen and oxygen atoms in total. The van der Waals surface area contributed by atoms with Crippen molar-refractivity contribution in [3.63, 3.8) is 0 Å². The van der Waals surface area contributed by atoms with Crippen molar-refractivity contribution in [3.8, 4) is 0 Å². The van der Waals surface area contributed by atoms with E-state index in [9.17, 15) is 5.11 Å². The highest BCUT2D eigenvalue weighted by Crippen LogP contribution is 2.38. The lowest BCUT2D eigenvalue weighted by atomic mass is 9.97. The van der Waals surface area contributed by atoms with Crippen molar-refractivity contribution >= 4 is 0 Å². The van der Waals surface area contributed by atoms with E-state index in [4.69, 9.17) is 4.52 Å². The number of β-amino-alcohol motifs (C(OH)–C–C–N with tert-alkyl or cyclic N) is 1. The molecule has 0 amide bonds.